The predicted molar refractivity (Wildman–Crippen MR) is 130 cm³/mol. The number of nitro benzene ring substituents is 1. The molecule has 0 spiro atoms. The molecule has 1 N–H and O–H groups in total. The molecule has 0 aliphatic heterocycles. The number of hydrogen-bond acceptors (Lipinski definition) is 6. The van der Waals surface area contributed by atoms with Crippen LogP contribution in [0, 0.1) is 15.9 Å². The van der Waals surface area contributed by atoms with Gasteiger partial charge in [-0.05, 0) is 48.5 Å². The van der Waals surface area contributed by atoms with Crippen molar-refractivity contribution in [1.29, 1.82) is 0 Å². The minimum absolute atomic E-state index is 0.00727. The quantitative estimate of drug-likeness (QED) is 0.256. The maximum Gasteiger partial charge on any atom is 0.287 e. The second kappa shape index (κ2) is 9.41. The lowest BCUT2D eigenvalue weighted by molar-refractivity contribution is -0.384. The number of fused-ring (bicyclic) bond motifs is 1. The van der Waals surface area contributed by atoms with Gasteiger partial charge in [-0.3, -0.25) is 19.9 Å². The zero-order valence-corrected chi connectivity index (χ0v) is 19.1. The molecule has 1 unspecified atom stereocenters. The summed E-state index contributed by atoms with van der Waals surface area (Å²) in [4.78, 5) is 32.6. The van der Waals surface area contributed by atoms with Gasteiger partial charge in [-0.25, -0.2) is 9.37 Å². The van der Waals surface area contributed by atoms with Crippen molar-refractivity contribution in [1.82, 2.24) is 19.9 Å². The molecule has 0 saturated heterocycles. The third-order valence-electron chi connectivity index (χ3n) is 5.86. The largest absolute Gasteiger partial charge is 0.451 e. The molecule has 0 aliphatic rings. The third kappa shape index (κ3) is 4.56. The van der Waals surface area contributed by atoms with Crippen molar-refractivity contribution in [2.45, 2.75) is 12.5 Å². The number of aromatic nitrogens is 3. The molecule has 9 nitrogen and oxygen atoms in total. The summed E-state index contributed by atoms with van der Waals surface area (Å²) in [5.74, 6) is -0.293. The van der Waals surface area contributed by atoms with E-state index in [1.807, 2.05) is 16.7 Å². The highest BCUT2D eigenvalue weighted by Crippen LogP contribution is 2.27. The van der Waals surface area contributed by atoms with Crippen molar-refractivity contribution in [3.8, 4) is 11.3 Å². The van der Waals surface area contributed by atoms with Crippen LogP contribution in [0.15, 0.2) is 83.5 Å². The topological polar surface area (TPSA) is 116 Å². The molecule has 1 atom stereocenters. The Hall–Kier alpha value is -4.86. The Morgan fingerprint density at radius 2 is 1.94 bits per heavy atom. The molecule has 0 aliphatic carbocycles. The van der Waals surface area contributed by atoms with Crippen LogP contribution in [0.2, 0.25) is 0 Å². The number of halogens is 1. The van der Waals surface area contributed by atoms with Crippen LogP contribution in [0.1, 0.15) is 28.1 Å². The van der Waals surface area contributed by atoms with E-state index in [1.165, 1.54) is 36.4 Å². The van der Waals surface area contributed by atoms with Gasteiger partial charge in [-0.1, -0.05) is 6.07 Å². The van der Waals surface area contributed by atoms with Crippen LogP contribution in [-0.2, 0) is 13.5 Å². The average Bonchev–Trinajstić information content (AvgIpc) is 3.47. The lowest BCUT2D eigenvalue weighted by Gasteiger charge is -2.18. The fourth-order valence-corrected chi connectivity index (χ4v) is 4.06. The lowest BCUT2D eigenvalue weighted by Crippen LogP contribution is -2.31. The molecule has 1 amide bonds. The van der Waals surface area contributed by atoms with Crippen molar-refractivity contribution < 1.29 is 18.5 Å². The first kappa shape index (κ1) is 22.9. The number of non-ortho nitro benzene ring substituents is 1. The van der Waals surface area contributed by atoms with E-state index >= 15 is 0 Å². The SMILES string of the molecule is Cn1c(-c2ccc([N+](=O)[O-])cc2)cnc1C(Cc1ccccn1)NC(=O)c1cc2cc(F)ccc2o1. The molecule has 0 radical (unpaired) electrons. The van der Waals surface area contributed by atoms with Crippen molar-refractivity contribution in [3.05, 3.63) is 112 Å². The van der Waals surface area contributed by atoms with E-state index in [-0.39, 0.29) is 11.4 Å². The van der Waals surface area contributed by atoms with Crippen molar-refractivity contribution in [2.24, 2.45) is 7.05 Å². The minimum atomic E-state index is -0.575. The van der Waals surface area contributed by atoms with Crippen LogP contribution < -0.4 is 5.32 Å². The van der Waals surface area contributed by atoms with Crippen molar-refractivity contribution in [3.63, 3.8) is 0 Å². The zero-order chi connectivity index (χ0) is 25.2. The first-order valence-electron chi connectivity index (χ1n) is 11.1. The summed E-state index contributed by atoms with van der Waals surface area (Å²) in [6, 6.07) is 16.6. The number of imidazole rings is 1. The number of carbonyl (C=O) groups excluding carboxylic acids is 1. The first-order valence-corrected chi connectivity index (χ1v) is 11.1. The van der Waals surface area contributed by atoms with E-state index in [0.717, 1.165) is 17.0 Å². The van der Waals surface area contributed by atoms with Gasteiger partial charge in [0.05, 0.1) is 22.9 Å². The van der Waals surface area contributed by atoms with Crippen molar-refractivity contribution >= 4 is 22.6 Å². The molecule has 5 aromatic rings. The van der Waals surface area contributed by atoms with Crippen LogP contribution in [0.25, 0.3) is 22.2 Å². The van der Waals surface area contributed by atoms with Gasteiger partial charge in [-0.15, -0.1) is 0 Å². The van der Waals surface area contributed by atoms with E-state index in [1.54, 1.807) is 37.6 Å². The highest BCUT2D eigenvalue weighted by atomic mass is 19.1. The molecule has 0 fully saturated rings. The molecular formula is C26H20FN5O4. The molecule has 2 aromatic carbocycles. The van der Waals surface area contributed by atoms with Gasteiger partial charge < -0.3 is 14.3 Å². The Kier molecular flexibility index (Phi) is 5.99. The Bertz CT molecular complexity index is 1560. The number of rotatable bonds is 7. The Labute approximate surface area is 204 Å². The van der Waals surface area contributed by atoms with E-state index in [2.05, 4.69) is 15.3 Å². The Morgan fingerprint density at radius 1 is 1.14 bits per heavy atom. The van der Waals surface area contributed by atoms with Crippen LogP contribution in [-0.4, -0.2) is 25.4 Å². The highest BCUT2D eigenvalue weighted by Gasteiger charge is 2.24. The molecule has 0 bridgehead atoms. The fourth-order valence-electron chi connectivity index (χ4n) is 4.06. The maximum absolute atomic E-state index is 13.6. The maximum atomic E-state index is 13.6. The average molecular weight is 485 g/mol. The van der Waals surface area contributed by atoms with E-state index < -0.39 is 22.7 Å². The van der Waals surface area contributed by atoms with Gasteiger partial charge in [0.15, 0.2) is 5.76 Å². The Morgan fingerprint density at radius 3 is 2.67 bits per heavy atom. The van der Waals surface area contributed by atoms with Gasteiger partial charge in [-0.2, -0.15) is 0 Å². The number of nitro groups is 1. The van der Waals surface area contributed by atoms with Gasteiger partial charge in [0.25, 0.3) is 11.6 Å². The van der Waals surface area contributed by atoms with Gasteiger partial charge in [0.1, 0.15) is 17.2 Å². The molecule has 10 heteroatoms. The molecule has 36 heavy (non-hydrogen) atoms. The molecule has 5 rings (SSSR count). The third-order valence-corrected chi connectivity index (χ3v) is 5.86. The van der Waals surface area contributed by atoms with E-state index in [9.17, 15) is 19.3 Å². The predicted octanol–water partition coefficient (Wildman–Crippen LogP) is 4.99. The molecule has 3 aromatic heterocycles. The second-order valence-electron chi connectivity index (χ2n) is 8.21. The van der Waals surface area contributed by atoms with Crippen LogP contribution in [0.4, 0.5) is 10.1 Å². The number of hydrogen-bond donors (Lipinski definition) is 1. The monoisotopic (exact) mass is 485 g/mol. The number of furan rings is 1. The van der Waals surface area contributed by atoms with Crippen LogP contribution >= 0.6 is 0 Å². The van der Waals surface area contributed by atoms with Gasteiger partial charge in [0, 0.05) is 48.4 Å². The number of pyridine rings is 1. The zero-order valence-electron chi connectivity index (χ0n) is 19.1. The molecule has 0 saturated carbocycles. The lowest BCUT2D eigenvalue weighted by atomic mass is 10.1. The summed E-state index contributed by atoms with van der Waals surface area (Å²) < 4.78 is 21.0. The summed E-state index contributed by atoms with van der Waals surface area (Å²) in [7, 11) is 1.81. The van der Waals surface area contributed by atoms with Crippen molar-refractivity contribution in [2.75, 3.05) is 0 Å². The minimum Gasteiger partial charge on any atom is -0.451 e. The summed E-state index contributed by atoms with van der Waals surface area (Å²) >= 11 is 0. The van der Waals surface area contributed by atoms with E-state index in [0.29, 0.717) is 23.2 Å². The number of nitrogens with one attached hydrogen (secondary N) is 1. The van der Waals surface area contributed by atoms with E-state index in [4.69, 9.17) is 4.42 Å². The van der Waals surface area contributed by atoms with Gasteiger partial charge >= 0.3 is 0 Å². The summed E-state index contributed by atoms with van der Waals surface area (Å²) in [5, 5.41) is 14.4. The number of benzene rings is 2. The number of nitrogens with zero attached hydrogens (tertiary/aromatic N) is 4. The van der Waals surface area contributed by atoms with Crippen LogP contribution in [0.5, 0.6) is 0 Å². The first-order chi connectivity index (χ1) is 17.4. The second-order valence-corrected chi connectivity index (χ2v) is 8.21. The molecule has 180 valence electrons. The van der Waals surface area contributed by atoms with Crippen LogP contribution in [0.3, 0.4) is 0 Å². The smallest absolute Gasteiger partial charge is 0.287 e. The standard InChI is InChI=1S/C26H20FN5O4/c1-31-22(16-5-8-20(9-6-16)32(34)35)15-29-25(31)21(14-19-4-2-3-11-28-19)30-26(33)24-13-17-12-18(27)7-10-23(17)36-24/h2-13,15,21H,14H2,1H3,(H,30,33). The number of amides is 1. The fraction of sp³-hybridized carbons (Fsp3) is 0.115. The molecular weight excluding hydrogens is 465 g/mol. The summed E-state index contributed by atoms with van der Waals surface area (Å²) in [6.45, 7) is 0. The summed E-state index contributed by atoms with van der Waals surface area (Å²) in [5.41, 5.74) is 2.60. The van der Waals surface area contributed by atoms with Gasteiger partial charge in [0.2, 0.25) is 0 Å². The highest BCUT2D eigenvalue weighted by molar-refractivity contribution is 5.96. The summed E-state index contributed by atoms with van der Waals surface area (Å²) in [6.07, 6.45) is 3.67. The number of carbonyl (C=O) groups is 1. The Balaban J connectivity index is 1.47. The molecule has 3 heterocycles. The normalized spacial score (nSPS) is 11.9.